The van der Waals surface area contributed by atoms with E-state index in [4.69, 9.17) is 18.0 Å². The van der Waals surface area contributed by atoms with Gasteiger partial charge in [0.25, 0.3) is 0 Å². The summed E-state index contributed by atoms with van der Waals surface area (Å²) in [5, 5.41) is 0. The lowest BCUT2D eigenvalue weighted by Gasteiger charge is -2.35. The van der Waals surface area contributed by atoms with Gasteiger partial charge in [0.2, 0.25) is 0 Å². The van der Waals surface area contributed by atoms with Crippen molar-refractivity contribution in [2.75, 3.05) is 19.6 Å². The second-order valence-corrected chi connectivity index (χ2v) is 5.14. The molecule has 0 saturated carbocycles. The molecular weight excluding hydrogens is 192 g/mol. The van der Waals surface area contributed by atoms with Crippen molar-refractivity contribution >= 4 is 17.2 Å². The van der Waals surface area contributed by atoms with Crippen LogP contribution in [0.5, 0.6) is 0 Å². The molecule has 0 aromatic heterocycles. The second-order valence-electron chi connectivity index (χ2n) is 4.61. The summed E-state index contributed by atoms with van der Waals surface area (Å²) in [4.78, 5) is 3.20. The summed E-state index contributed by atoms with van der Waals surface area (Å²) in [6, 6.07) is 0. The van der Waals surface area contributed by atoms with Gasteiger partial charge in [-0.1, -0.05) is 26.1 Å². The standard InChI is InChI=1S/C11H22N2S/c1-9-5-7-13(8-10(9)2)6-3-4-11(12)14/h9-10H,3-8H2,1-2H3,(H2,12,14). The molecule has 0 spiro atoms. The summed E-state index contributed by atoms with van der Waals surface area (Å²) in [6.07, 6.45) is 3.36. The van der Waals surface area contributed by atoms with Crippen molar-refractivity contribution in [1.82, 2.24) is 4.90 Å². The molecule has 1 heterocycles. The van der Waals surface area contributed by atoms with Gasteiger partial charge in [0.1, 0.15) is 0 Å². The van der Waals surface area contributed by atoms with Crippen molar-refractivity contribution in [2.24, 2.45) is 17.6 Å². The van der Waals surface area contributed by atoms with Crippen LogP contribution in [-0.4, -0.2) is 29.5 Å². The number of thiocarbonyl (C=S) groups is 1. The van der Waals surface area contributed by atoms with E-state index in [1.165, 1.54) is 19.5 Å². The van der Waals surface area contributed by atoms with E-state index in [1.54, 1.807) is 0 Å². The molecule has 0 aliphatic carbocycles. The Labute approximate surface area is 92.8 Å². The summed E-state index contributed by atoms with van der Waals surface area (Å²) in [6.45, 7) is 8.37. The maximum Gasteiger partial charge on any atom is 0.0727 e. The Morgan fingerprint density at radius 3 is 2.71 bits per heavy atom. The zero-order chi connectivity index (χ0) is 10.6. The molecule has 0 aromatic rings. The molecule has 3 heteroatoms. The first kappa shape index (κ1) is 11.9. The minimum absolute atomic E-state index is 0.656. The van der Waals surface area contributed by atoms with Crippen LogP contribution in [0.1, 0.15) is 33.1 Å². The average molecular weight is 214 g/mol. The molecule has 2 nitrogen and oxygen atoms in total. The fourth-order valence-corrected chi connectivity index (χ4v) is 2.17. The number of hydrogen-bond donors (Lipinski definition) is 1. The van der Waals surface area contributed by atoms with Gasteiger partial charge >= 0.3 is 0 Å². The molecule has 2 unspecified atom stereocenters. The molecule has 0 bridgehead atoms. The zero-order valence-corrected chi connectivity index (χ0v) is 10.1. The molecule has 0 aromatic carbocycles. The predicted molar refractivity (Wildman–Crippen MR) is 65.4 cm³/mol. The van der Waals surface area contributed by atoms with E-state index in [2.05, 4.69) is 18.7 Å². The van der Waals surface area contributed by atoms with Crippen LogP contribution in [0.15, 0.2) is 0 Å². The third-order valence-corrected chi connectivity index (χ3v) is 3.52. The highest BCUT2D eigenvalue weighted by Crippen LogP contribution is 2.22. The van der Waals surface area contributed by atoms with Crippen molar-refractivity contribution in [2.45, 2.75) is 33.1 Å². The van der Waals surface area contributed by atoms with Crippen molar-refractivity contribution in [3.8, 4) is 0 Å². The molecule has 1 saturated heterocycles. The molecule has 2 N–H and O–H groups in total. The van der Waals surface area contributed by atoms with E-state index in [0.717, 1.165) is 31.2 Å². The number of nitrogens with two attached hydrogens (primary N) is 1. The Hall–Kier alpha value is -0.150. The molecule has 1 fully saturated rings. The van der Waals surface area contributed by atoms with E-state index < -0.39 is 0 Å². The van der Waals surface area contributed by atoms with Gasteiger partial charge in [-0.25, -0.2) is 0 Å². The second kappa shape index (κ2) is 5.66. The molecule has 1 aliphatic rings. The minimum Gasteiger partial charge on any atom is -0.393 e. The number of likely N-dealkylation sites (tertiary alicyclic amines) is 1. The highest BCUT2D eigenvalue weighted by molar-refractivity contribution is 7.80. The topological polar surface area (TPSA) is 29.3 Å². The lowest BCUT2D eigenvalue weighted by Crippen LogP contribution is -2.39. The van der Waals surface area contributed by atoms with Crippen LogP contribution in [0.2, 0.25) is 0 Å². The lowest BCUT2D eigenvalue weighted by molar-refractivity contribution is 0.138. The predicted octanol–water partition coefficient (Wildman–Crippen LogP) is 2.03. The first-order valence-corrected chi connectivity index (χ1v) is 6.01. The van der Waals surface area contributed by atoms with Gasteiger partial charge < -0.3 is 10.6 Å². The SMILES string of the molecule is CC1CCN(CCCC(N)=S)CC1C. The van der Waals surface area contributed by atoms with Crippen LogP contribution in [0.3, 0.4) is 0 Å². The fourth-order valence-electron chi connectivity index (χ4n) is 2.03. The summed E-state index contributed by atoms with van der Waals surface area (Å²) in [5.41, 5.74) is 5.47. The normalized spacial score (nSPS) is 29.0. The number of piperidine rings is 1. The summed E-state index contributed by atoms with van der Waals surface area (Å²) in [5.74, 6) is 1.73. The van der Waals surface area contributed by atoms with E-state index in [9.17, 15) is 0 Å². The summed E-state index contributed by atoms with van der Waals surface area (Å²) in [7, 11) is 0. The first-order valence-electron chi connectivity index (χ1n) is 5.60. The Morgan fingerprint density at radius 1 is 1.43 bits per heavy atom. The molecule has 1 aliphatic heterocycles. The summed E-state index contributed by atoms with van der Waals surface area (Å²) < 4.78 is 0. The zero-order valence-electron chi connectivity index (χ0n) is 9.33. The highest BCUT2D eigenvalue weighted by Gasteiger charge is 2.21. The van der Waals surface area contributed by atoms with Gasteiger partial charge in [0.05, 0.1) is 4.99 Å². The largest absolute Gasteiger partial charge is 0.393 e. The Balaban J connectivity index is 2.16. The van der Waals surface area contributed by atoms with E-state index in [-0.39, 0.29) is 0 Å². The minimum atomic E-state index is 0.656. The van der Waals surface area contributed by atoms with Gasteiger partial charge in [-0.2, -0.15) is 0 Å². The van der Waals surface area contributed by atoms with Crippen LogP contribution in [-0.2, 0) is 0 Å². The van der Waals surface area contributed by atoms with Crippen LogP contribution in [0.4, 0.5) is 0 Å². The van der Waals surface area contributed by atoms with Gasteiger partial charge in [-0.05, 0) is 44.2 Å². The smallest absolute Gasteiger partial charge is 0.0727 e. The van der Waals surface area contributed by atoms with Gasteiger partial charge in [0, 0.05) is 6.54 Å². The van der Waals surface area contributed by atoms with E-state index in [0.29, 0.717) is 4.99 Å². The Morgan fingerprint density at radius 2 is 2.14 bits per heavy atom. The number of rotatable bonds is 4. The molecule has 0 amide bonds. The quantitative estimate of drug-likeness (QED) is 0.726. The third kappa shape index (κ3) is 3.93. The van der Waals surface area contributed by atoms with Gasteiger partial charge in [-0.15, -0.1) is 0 Å². The fraction of sp³-hybridized carbons (Fsp3) is 0.909. The molecular formula is C11H22N2S. The first-order chi connectivity index (χ1) is 6.59. The third-order valence-electron chi connectivity index (χ3n) is 3.32. The molecule has 1 rings (SSSR count). The Bertz CT molecular complexity index is 194. The van der Waals surface area contributed by atoms with Crippen molar-refractivity contribution in [1.29, 1.82) is 0 Å². The van der Waals surface area contributed by atoms with Crippen molar-refractivity contribution in [3.05, 3.63) is 0 Å². The van der Waals surface area contributed by atoms with Crippen LogP contribution in [0, 0.1) is 11.8 Å². The van der Waals surface area contributed by atoms with Crippen molar-refractivity contribution < 1.29 is 0 Å². The monoisotopic (exact) mass is 214 g/mol. The van der Waals surface area contributed by atoms with E-state index >= 15 is 0 Å². The number of nitrogens with zero attached hydrogens (tertiary/aromatic N) is 1. The van der Waals surface area contributed by atoms with Crippen LogP contribution in [0.25, 0.3) is 0 Å². The maximum atomic E-state index is 5.47. The van der Waals surface area contributed by atoms with E-state index in [1.807, 2.05) is 0 Å². The average Bonchev–Trinajstić information content (AvgIpc) is 2.10. The molecule has 0 radical (unpaired) electrons. The maximum absolute atomic E-state index is 5.47. The Kier molecular flexibility index (Phi) is 4.82. The highest BCUT2D eigenvalue weighted by atomic mass is 32.1. The van der Waals surface area contributed by atoms with Crippen LogP contribution >= 0.6 is 12.2 Å². The van der Waals surface area contributed by atoms with Gasteiger partial charge in [0.15, 0.2) is 0 Å². The lowest BCUT2D eigenvalue weighted by atomic mass is 9.88. The van der Waals surface area contributed by atoms with Gasteiger partial charge in [-0.3, -0.25) is 0 Å². The molecule has 14 heavy (non-hydrogen) atoms. The summed E-state index contributed by atoms with van der Waals surface area (Å²) >= 11 is 4.86. The number of hydrogen-bond acceptors (Lipinski definition) is 2. The van der Waals surface area contributed by atoms with Crippen LogP contribution < -0.4 is 5.73 Å². The van der Waals surface area contributed by atoms with Crippen molar-refractivity contribution in [3.63, 3.8) is 0 Å². The molecule has 2 atom stereocenters. The molecule has 82 valence electrons.